The number of benzene rings is 1. The Morgan fingerprint density at radius 3 is 2.61 bits per heavy atom. The van der Waals surface area contributed by atoms with E-state index in [4.69, 9.17) is 0 Å². The van der Waals surface area contributed by atoms with E-state index < -0.39 is 0 Å². The highest BCUT2D eigenvalue weighted by atomic mass is 15.3. The van der Waals surface area contributed by atoms with Crippen LogP contribution in [0.2, 0.25) is 0 Å². The van der Waals surface area contributed by atoms with Crippen LogP contribution < -0.4 is 0 Å². The van der Waals surface area contributed by atoms with Gasteiger partial charge in [0.05, 0.1) is 0 Å². The summed E-state index contributed by atoms with van der Waals surface area (Å²) in [4.78, 5) is 8.44. The fraction of sp³-hybridized carbons (Fsp3) is 0.455. The zero-order valence-electron chi connectivity index (χ0n) is 16.9. The molecule has 6 heteroatoms. The Morgan fingerprint density at radius 2 is 1.89 bits per heavy atom. The van der Waals surface area contributed by atoms with Crippen molar-refractivity contribution in [1.29, 1.82) is 0 Å². The first kappa shape index (κ1) is 18.7. The van der Waals surface area contributed by atoms with Gasteiger partial charge in [-0.15, -0.1) is 10.2 Å². The predicted octanol–water partition coefficient (Wildman–Crippen LogP) is 3.47. The molecule has 2 aromatic heterocycles. The van der Waals surface area contributed by atoms with Gasteiger partial charge in [0.2, 0.25) is 0 Å². The minimum absolute atomic E-state index is 0.538. The Kier molecular flexibility index (Phi) is 5.48. The van der Waals surface area contributed by atoms with E-state index >= 15 is 0 Å². The van der Waals surface area contributed by atoms with E-state index in [-0.39, 0.29) is 0 Å². The third-order valence-electron chi connectivity index (χ3n) is 5.83. The van der Waals surface area contributed by atoms with Crippen molar-refractivity contribution in [1.82, 2.24) is 29.5 Å². The molecular weight excluding hydrogens is 348 g/mol. The largest absolute Gasteiger partial charge is 0.373 e. The summed E-state index contributed by atoms with van der Waals surface area (Å²) < 4.78 is 1.95. The van der Waals surface area contributed by atoms with Gasteiger partial charge in [0.25, 0.3) is 0 Å². The van der Waals surface area contributed by atoms with Crippen LogP contribution in [-0.4, -0.2) is 62.3 Å². The summed E-state index contributed by atoms with van der Waals surface area (Å²) >= 11 is 0. The van der Waals surface area contributed by atoms with Gasteiger partial charge >= 0.3 is 0 Å². The number of aryl methyl sites for hydroxylation is 1. The van der Waals surface area contributed by atoms with E-state index in [0.29, 0.717) is 5.92 Å². The lowest BCUT2D eigenvalue weighted by Crippen LogP contribution is -2.46. The second-order valence-corrected chi connectivity index (χ2v) is 7.99. The van der Waals surface area contributed by atoms with Crippen molar-refractivity contribution in [2.45, 2.75) is 26.7 Å². The monoisotopic (exact) mass is 378 g/mol. The van der Waals surface area contributed by atoms with Gasteiger partial charge in [-0.2, -0.15) is 0 Å². The molecular formula is C22H30N6. The van der Waals surface area contributed by atoms with Gasteiger partial charge in [-0.1, -0.05) is 20.4 Å². The van der Waals surface area contributed by atoms with Crippen LogP contribution in [0.3, 0.4) is 0 Å². The zero-order chi connectivity index (χ0) is 19.5. The summed E-state index contributed by atoms with van der Waals surface area (Å²) in [5, 5.41) is 9.11. The van der Waals surface area contributed by atoms with E-state index in [9.17, 15) is 0 Å². The fourth-order valence-electron chi connectivity index (χ4n) is 3.98. The lowest BCUT2D eigenvalue weighted by atomic mass is 10.1. The van der Waals surface area contributed by atoms with E-state index in [1.807, 2.05) is 4.57 Å². The predicted molar refractivity (Wildman–Crippen MR) is 114 cm³/mol. The number of nitrogens with one attached hydrogen (secondary N) is 1. The molecule has 0 atom stereocenters. The summed E-state index contributed by atoms with van der Waals surface area (Å²) in [7, 11) is 0. The molecule has 0 bridgehead atoms. The summed E-state index contributed by atoms with van der Waals surface area (Å²) in [5.74, 6) is 0.538. The van der Waals surface area contributed by atoms with Crippen molar-refractivity contribution < 1.29 is 0 Å². The number of nitrogens with zero attached hydrogens (tertiary/aromatic N) is 5. The molecule has 0 aliphatic carbocycles. The first-order valence-corrected chi connectivity index (χ1v) is 10.2. The van der Waals surface area contributed by atoms with Gasteiger partial charge in [-0.25, -0.2) is 0 Å². The second kappa shape index (κ2) is 8.19. The third-order valence-corrected chi connectivity index (χ3v) is 5.83. The summed E-state index contributed by atoms with van der Waals surface area (Å²) in [6, 6.07) is 6.45. The van der Waals surface area contributed by atoms with Gasteiger partial charge in [0, 0.05) is 54.7 Å². The maximum Gasteiger partial charge on any atom is 0.123 e. The highest BCUT2D eigenvalue weighted by Crippen LogP contribution is 2.23. The molecule has 3 aromatic rings. The molecule has 28 heavy (non-hydrogen) atoms. The maximum atomic E-state index is 4.25. The number of H-pyrrole nitrogens is 1. The standard InChI is InChI=1S/C22H30N6/c1-17(2)18(3)27-11-9-26(10-12-27)8-4-5-19-14-23-22-7-6-20(13-21(19)22)28-15-24-25-16-28/h6-7,13-17,23H,3-5,8-12H2,1-2H3. The Labute approximate surface area is 166 Å². The van der Waals surface area contributed by atoms with Crippen molar-refractivity contribution in [3.05, 3.63) is 54.9 Å². The molecule has 0 amide bonds. The number of fused-ring (bicyclic) bond motifs is 1. The Morgan fingerprint density at radius 1 is 1.14 bits per heavy atom. The van der Waals surface area contributed by atoms with Gasteiger partial charge in [0.1, 0.15) is 12.7 Å². The fourth-order valence-corrected chi connectivity index (χ4v) is 3.98. The summed E-state index contributed by atoms with van der Waals surface area (Å²) in [6.07, 6.45) is 7.90. The molecule has 1 N–H and O–H groups in total. The number of hydrogen-bond acceptors (Lipinski definition) is 4. The van der Waals surface area contributed by atoms with Crippen LogP contribution in [0.4, 0.5) is 0 Å². The maximum absolute atomic E-state index is 4.25. The normalized spacial score (nSPS) is 15.6. The van der Waals surface area contributed by atoms with Crippen LogP contribution in [0, 0.1) is 5.92 Å². The highest BCUT2D eigenvalue weighted by Gasteiger charge is 2.18. The molecule has 0 radical (unpaired) electrons. The number of rotatable bonds is 7. The molecule has 1 saturated heterocycles. The molecule has 0 saturated carbocycles. The van der Waals surface area contributed by atoms with Crippen molar-refractivity contribution >= 4 is 10.9 Å². The number of allylic oxidation sites excluding steroid dienone is 1. The molecule has 1 aromatic carbocycles. The van der Waals surface area contributed by atoms with Gasteiger partial charge < -0.3 is 9.88 Å². The van der Waals surface area contributed by atoms with Crippen molar-refractivity contribution in [2.75, 3.05) is 32.7 Å². The average molecular weight is 379 g/mol. The summed E-state index contributed by atoms with van der Waals surface area (Å²) in [6.45, 7) is 14.3. The van der Waals surface area contributed by atoms with Gasteiger partial charge in [-0.05, 0) is 49.1 Å². The molecule has 3 heterocycles. The molecule has 0 spiro atoms. The van der Waals surface area contributed by atoms with Crippen LogP contribution >= 0.6 is 0 Å². The van der Waals surface area contributed by atoms with Crippen LogP contribution in [0.15, 0.2) is 49.3 Å². The van der Waals surface area contributed by atoms with E-state index in [0.717, 1.165) is 44.8 Å². The lowest BCUT2D eigenvalue weighted by molar-refractivity contribution is 0.150. The first-order chi connectivity index (χ1) is 13.6. The van der Waals surface area contributed by atoms with Crippen LogP contribution in [-0.2, 0) is 6.42 Å². The average Bonchev–Trinajstić information content (AvgIpc) is 3.38. The lowest BCUT2D eigenvalue weighted by Gasteiger charge is -2.38. The molecule has 4 rings (SSSR count). The van der Waals surface area contributed by atoms with E-state index in [1.54, 1.807) is 12.7 Å². The van der Waals surface area contributed by atoms with Crippen molar-refractivity contribution in [3.8, 4) is 5.69 Å². The molecule has 1 fully saturated rings. The quantitative estimate of drug-likeness (QED) is 0.684. The van der Waals surface area contributed by atoms with E-state index in [1.165, 1.54) is 28.6 Å². The van der Waals surface area contributed by atoms with Crippen LogP contribution in [0.1, 0.15) is 25.8 Å². The molecule has 6 nitrogen and oxygen atoms in total. The minimum atomic E-state index is 0.538. The smallest absolute Gasteiger partial charge is 0.123 e. The van der Waals surface area contributed by atoms with Crippen LogP contribution in [0.5, 0.6) is 0 Å². The Hall–Kier alpha value is -2.60. The highest BCUT2D eigenvalue weighted by molar-refractivity contribution is 5.85. The minimum Gasteiger partial charge on any atom is -0.373 e. The van der Waals surface area contributed by atoms with Crippen molar-refractivity contribution in [2.24, 2.45) is 5.92 Å². The number of aromatic nitrogens is 4. The molecule has 0 unspecified atom stereocenters. The van der Waals surface area contributed by atoms with E-state index in [2.05, 4.69) is 69.8 Å². The third kappa shape index (κ3) is 3.97. The second-order valence-electron chi connectivity index (χ2n) is 7.99. The Bertz CT molecular complexity index is 916. The van der Waals surface area contributed by atoms with Gasteiger partial charge in [-0.3, -0.25) is 9.47 Å². The number of piperazine rings is 1. The SMILES string of the molecule is C=C(C(C)C)N1CCN(CCCc2c[nH]c3ccc(-n4cnnc4)cc23)CC1. The Balaban J connectivity index is 1.33. The number of hydrogen-bond donors (Lipinski definition) is 1. The van der Waals surface area contributed by atoms with Crippen molar-refractivity contribution in [3.63, 3.8) is 0 Å². The zero-order valence-corrected chi connectivity index (χ0v) is 16.9. The van der Waals surface area contributed by atoms with Crippen LogP contribution in [0.25, 0.3) is 16.6 Å². The first-order valence-electron chi connectivity index (χ1n) is 10.2. The molecule has 1 aliphatic heterocycles. The topological polar surface area (TPSA) is 53.0 Å². The summed E-state index contributed by atoms with van der Waals surface area (Å²) in [5.41, 5.74) is 4.95. The van der Waals surface area contributed by atoms with Gasteiger partial charge in [0.15, 0.2) is 0 Å². The molecule has 1 aliphatic rings. The number of aromatic amines is 1. The molecule has 148 valence electrons.